The van der Waals surface area contributed by atoms with Gasteiger partial charge in [-0.25, -0.2) is 9.37 Å². The normalized spacial score (nSPS) is 15.2. The number of hydrogen-bond acceptors (Lipinski definition) is 5. The van der Waals surface area contributed by atoms with E-state index in [-0.39, 0.29) is 11.2 Å². The molecule has 0 bridgehead atoms. The fourth-order valence-electron chi connectivity index (χ4n) is 3.89. The second kappa shape index (κ2) is 6.77. The molecule has 3 aromatic heterocycles. The highest BCUT2D eigenvalue weighted by atomic mass is 19.1. The Labute approximate surface area is 171 Å². The van der Waals surface area contributed by atoms with Crippen molar-refractivity contribution in [3.63, 3.8) is 0 Å². The van der Waals surface area contributed by atoms with Gasteiger partial charge in [0.25, 0.3) is 5.56 Å². The summed E-state index contributed by atoms with van der Waals surface area (Å²) in [5, 5.41) is 20.4. The number of aryl methyl sites for hydroxylation is 1. The average molecular weight is 405 g/mol. The van der Waals surface area contributed by atoms with Gasteiger partial charge in [-0.15, -0.1) is 0 Å². The number of nitrogens with one attached hydrogen (secondary N) is 2. The summed E-state index contributed by atoms with van der Waals surface area (Å²) in [4.78, 5) is 17.1. The van der Waals surface area contributed by atoms with E-state index in [1.807, 2.05) is 0 Å². The van der Waals surface area contributed by atoms with Crippen LogP contribution in [0.25, 0.3) is 22.2 Å². The predicted octanol–water partition coefficient (Wildman–Crippen LogP) is 3.58. The zero-order chi connectivity index (χ0) is 20.9. The van der Waals surface area contributed by atoms with Crippen LogP contribution in [0.1, 0.15) is 24.8 Å². The van der Waals surface area contributed by atoms with Crippen LogP contribution < -0.4 is 10.9 Å². The summed E-state index contributed by atoms with van der Waals surface area (Å²) < 4.78 is 16.7. The van der Waals surface area contributed by atoms with E-state index >= 15 is 4.39 Å². The number of benzene rings is 1. The highest BCUT2D eigenvalue weighted by molar-refractivity contribution is 5.88. The number of aliphatic hydroxyl groups is 1. The largest absolute Gasteiger partial charge is 0.385 e. The Kier molecular flexibility index (Phi) is 4.18. The molecule has 3 N–H and O–H groups in total. The SMILES string of the molecule is Cn1c(=O)c(Nc2ccc(C3(O)CCC3)cn2)cc2c(F)c(-c3ccn[nH]3)ccc21. The number of fused-ring (bicyclic) bond motifs is 1. The summed E-state index contributed by atoms with van der Waals surface area (Å²) in [6.07, 6.45) is 5.62. The lowest BCUT2D eigenvalue weighted by atomic mass is 9.76. The summed E-state index contributed by atoms with van der Waals surface area (Å²) in [7, 11) is 1.60. The molecule has 0 unspecified atom stereocenters. The minimum Gasteiger partial charge on any atom is -0.385 e. The molecule has 1 aromatic carbocycles. The first-order chi connectivity index (χ1) is 14.5. The second-order valence-electron chi connectivity index (χ2n) is 7.69. The lowest BCUT2D eigenvalue weighted by Gasteiger charge is -2.36. The molecule has 0 radical (unpaired) electrons. The molecule has 7 nitrogen and oxygen atoms in total. The maximum absolute atomic E-state index is 15.3. The number of aromatic nitrogens is 4. The molecule has 1 saturated carbocycles. The number of anilines is 2. The van der Waals surface area contributed by atoms with Gasteiger partial charge in [0, 0.05) is 36.0 Å². The first kappa shape index (κ1) is 18.5. The Hall–Kier alpha value is -3.52. The molecule has 0 spiro atoms. The van der Waals surface area contributed by atoms with E-state index in [1.165, 1.54) is 10.6 Å². The van der Waals surface area contributed by atoms with Gasteiger partial charge in [-0.1, -0.05) is 6.07 Å². The quantitative estimate of drug-likeness (QED) is 0.482. The van der Waals surface area contributed by atoms with E-state index in [2.05, 4.69) is 20.5 Å². The molecule has 1 aliphatic rings. The van der Waals surface area contributed by atoms with Crippen LogP contribution in [0, 0.1) is 5.82 Å². The maximum Gasteiger partial charge on any atom is 0.274 e. The molecule has 5 rings (SSSR count). The Morgan fingerprint density at radius 1 is 1.23 bits per heavy atom. The van der Waals surface area contributed by atoms with E-state index < -0.39 is 11.4 Å². The number of H-pyrrole nitrogens is 1. The van der Waals surface area contributed by atoms with Crippen LogP contribution in [0.5, 0.6) is 0 Å². The van der Waals surface area contributed by atoms with Gasteiger partial charge in [0.1, 0.15) is 17.3 Å². The Morgan fingerprint density at radius 2 is 2.07 bits per heavy atom. The van der Waals surface area contributed by atoms with Crippen molar-refractivity contribution in [2.24, 2.45) is 7.05 Å². The molecule has 0 amide bonds. The van der Waals surface area contributed by atoms with Crippen molar-refractivity contribution in [2.45, 2.75) is 24.9 Å². The second-order valence-corrected chi connectivity index (χ2v) is 7.69. The number of hydrogen-bond donors (Lipinski definition) is 3. The smallest absolute Gasteiger partial charge is 0.274 e. The highest BCUT2D eigenvalue weighted by Crippen LogP contribution is 2.40. The molecule has 0 saturated heterocycles. The zero-order valence-electron chi connectivity index (χ0n) is 16.3. The van der Waals surface area contributed by atoms with Crippen LogP contribution in [0.2, 0.25) is 0 Å². The first-order valence-corrected chi connectivity index (χ1v) is 9.74. The van der Waals surface area contributed by atoms with E-state index in [1.54, 1.807) is 49.8 Å². The van der Waals surface area contributed by atoms with Crippen LogP contribution in [0.4, 0.5) is 15.9 Å². The van der Waals surface area contributed by atoms with Crippen molar-refractivity contribution in [1.82, 2.24) is 19.7 Å². The molecule has 0 aliphatic heterocycles. The molecule has 1 fully saturated rings. The first-order valence-electron chi connectivity index (χ1n) is 9.74. The fourth-order valence-corrected chi connectivity index (χ4v) is 3.89. The van der Waals surface area contributed by atoms with Gasteiger partial charge in [-0.3, -0.25) is 9.89 Å². The lowest BCUT2D eigenvalue weighted by molar-refractivity contribution is -0.0390. The van der Waals surface area contributed by atoms with Gasteiger partial charge in [0.05, 0.1) is 16.8 Å². The van der Waals surface area contributed by atoms with Gasteiger partial charge in [-0.05, 0) is 49.6 Å². The van der Waals surface area contributed by atoms with Crippen LogP contribution in [0.15, 0.2) is 53.6 Å². The van der Waals surface area contributed by atoms with E-state index in [9.17, 15) is 9.90 Å². The van der Waals surface area contributed by atoms with Crippen molar-refractivity contribution in [3.8, 4) is 11.3 Å². The van der Waals surface area contributed by atoms with Crippen LogP contribution in [-0.4, -0.2) is 24.9 Å². The predicted molar refractivity (Wildman–Crippen MR) is 112 cm³/mol. The zero-order valence-corrected chi connectivity index (χ0v) is 16.3. The molecule has 4 aromatic rings. The molecule has 30 heavy (non-hydrogen) atoms. The molecular formula is C22H20FN5O2. The third kappa shape index (κ3) is 2.88. The van der Waals surface area contributed by atoms with E-state index in [0.717, 1.165) is 24.8 Å². The third-order valence-corrected chi connectivity index (χ3v) is 5.88. The van der Waals surface area contributed by atoms with Crippen molar-refractivity contribution in [2.75, 3.05) is 5.32 Å². The molecular weight excluding hydrogens is 385 g/mol. The topological polar surface area (TPSA) is 95.8 Å². The van der Waals surface area contributed by atoms with Crippen molar-refractivity contribution >= 4 is 22.4 Å². The monoisotopic (exact) mass is 405 g/mol. The van der Waals surface area contributed by atoms with Gasteiger partial charge in [0.15, 0.2) is 0 Å². The number of halogens is 1. The number of aromatic amines is 1. The van der Waals surface area contributed by atoms with Crippen LogP contribution in [-0.2, 0) is 12.6 Å². The maximum atomic E-state index is 15.3. The Balaban J connectivity index is 1.55. The molecule has 8 heteroatoms. The fraction of sp³-hybridized carbons (Fsp3) is 0.227. The highest BCUT2D eigenvalue weighted by Gasteiger charge is 2.36. The van der Waals surface area contributed by atoms with Crippen LogP contribution >= 0.6 is 0 Å². The summed E-state index contributed by atoms with van der Waals surface area (Å²) in [5.74, 6) is 0.00849. The molecule has 3 heterocycles. The Morgan fingerprint density at radius 3 is 2.70 bits per heavy atom. The van der Waals surface area contributed by atoms with E-state index in [4.69, 9.17) is 0 Å². The van der Waals surface area contributed by atoms with Gasteiger partial charge < -0.3 is 15.0 Å². The lowest BCUT2D eigenvalue weighted by Crippen LogP contribution is -2.33. The van der Waals surface area contributed by atoms with Crippen LogP contribution in [0.3, 0.4) is 0 Å². The van der Waals surface area contributed by atoms with Crippen molar-refractivity contribution in [3.05, 3.63) is 70.5 Å². The number of rotatable bonds is 4. The summed E-state index contributed by atoms with van der Waals surface area (Å²) in [6.45, 7) is 0. The molecule has 0 atom stereocenters. The molecule has 1 aliphatic carbocycles. The van der Waals surface area contributed by atoms with Gasteiger partial charge >= 0.3 is 0 Å². The van der Waals surface area contributed by atoms with Crippen molar-refractivity contribution < 1.29 is 9.50 Å². The third-order valence-electron chi connectivity index (χ3n) is 5.88. The van der Waals surface area contributed by atoms with Crippen molar-refractivity contribution in [1.29, 1.82) is 0 Å². The Bertz CT molecular complexity index is 1290. The van der Waals surface area contributed by atoms with Gasteiger partial charge in [-0.2, -0.15) is 5.10 Å². The summed E-state index contributed by atoms with van der Waals surface area (Å²) >= 11 is 0. The van der Waals surface area contributed by atoms with Gasteiger partial charge in [0.2, 0.25) is 0 Å². The average Bonchev–Trinajstić information content (AvgIpc) is 3.26. The number of pyridine rings is 2. The number of nitrogens with zero attached hydrogens (tertiary/aromatic N) is 3. The summed E-state index contributed by atoms with van der Waals surface area (Å²) in [6, 6.07) is 10.0. The standard InChI is InChI=1S/C22H20FN5O2/c1-28-18-5-4-14(16-7-10-25-27-16)20(23)15(18)11-17(21(28)29)26-19-6-3-13(12-24-19)22(30)8-2-9-22/h3-7,10-12,30H,2,8-9H2,1H3,(H,24,26)(H,25,27). The molecule has 152 valence electrons. The minimum atomic E-state index is -0.795. The minimum absolute atomic E-state index is 0.216. The van der Waals surface area contributed by atoms with E-state index in [0.29, 0.717) is 28.0 Å². The summed E-state index contributed by atoms with van der Waals surface area (Å²) in [5.41, 5.74) is 1.32.